The average molecular weight is 457 g/mol. The summed E-state index contributed by atoms with van der Waals surface area (Å²) in [5, 5.41) is 1.09. The molecule has 3 aromatic rings. The van der Waals surface area contributed by atoms with Crippen LogP contribution in [0.5, 0.6) is 17.2 Å². The zero-order chi connectivity index (χ0) is 22.8. The zero-order valence-electron chi connectivity index (χ0n) is 19.5. The van der Waals surface area contributed by atoms with E-state index in [1.807, 2.05) is 12.1 Å². The second kappa shape index (κ2) is 9.50. The van der Waals surface area contributed by atoms with Crippen molar-refractivity contribution in [2.75, 3.05) is 40.7 Å². The van der Waals surface area contributed by atoms with Crippen LogP contribution in [0.2, 0.25) is 0 Å². The first-order chi connectivity index (χ1) is 15.4. The first kappa shape index (κ1) is 22.6. The minimum Gasteiger partial charge on any atom is -0.493 e. The fraction of sp³-hybridized carbons (Fsp3) is 0.500. The quantitative estimate of drug-likeness (QED) is 0.546. The van der Waals surface area contributed by atoms with Gasteiger partial charge in [-0.2, -0.15) is 0 Å². The lowest BCUT2D eigenvalue weighted by Gasteiger charge is -2.20. The maximum atomic E-state index is 6.39. The van der Waals surface area contributed by atoms with Crippen LogP contribution in [-0.4, -0.2) is 49.8 Å². The normalized spacial score (nSPS) is 15.8. The van der Waals surface area contributed by atoms with Crippen molar-refractivity contribution in [3.63, 3.8) is 0 Å². The standard InChI is InChI=1S/C24H32N4O3S/c1-14-6-8-16-18(12-14)32-24-20(16)23(25)26-19(27-24)10-11-28(2)13-15-7-9-17(29-3)22(31-5)21(15)30-4/h7,9,14H,6,8,10-13H2,1-5H3,(H2,25,26,27). The van der Waals surface area contributed by atoms with Crippen LogP contribution in [0.25, 0.3) is 10.2 Å². The number of benzene rings is 1. The molecule has 0 amide bonds. The van der Waals surface area contributed by atoms with E-state index in [1.54, 1.807) is 32.7 Å². The van der Waals surface area contributed by atoms with Crippen molar-refractivity contribution in [3.8, 4) is 17.2 Å². The molecule has 0 saturated carbocycles. The van der Waals surface area contributed by atoms with Crippen LogP contribution < -0.4 is 19.9 Å². The Labute approximate surface area is 193 Å². The Morgan fingerprint density at radius 1 is 1.12 bits per heavy atom. The lowest BCUT2D eigenvalue weighted by Crippen LogP contribution is -2.22. The number of hydrogen-bond acceptors (Lipinski definition) is 8. The molecule has 0 bridgehead atoms. The molecule has 0 saturated heterocycles. The van der Waals surface area contributed by atoms with E-state index in [4.69, 9.17) is 24.9 Å². The second-order valence-corrected chi connectivity index (χ2v) is 9.62. The number of anilines is 1. The topological polar surface area (TPSA) is 82.7 Å². The summed E-state index contributed by atoms with van der Waals surface area (Å²) >= 11 is 1.79. The molecule has 2 aromatic heterocycles. The highest BCUT2D eigenvalue weighted by atomic mass is 32.1. The van der Waals surface area contributed by atoms with E-state index >= 15 is 0 Å². The summed E-state index contributed by atoms with van der Waals surface area (Å²) in [4.78, 5) is 14.2. The van der Waals surface area contributed by atoms with Gasteiger partial charge < -0.3 is 24.8 Å². The fourth-order valence-electron chi connectivity index (χ4n) is 4.48. The Kier molecular flexibility index (Phi) is 6.71. The van der Waals surface area contributed by atoms with Gasteiger partial charge in [-0.05, 0) is 43.9 Å². The van der Waals surface area contributed by atoms with Crippen LogP contribution >= 0.6 is 11.3 Å². The number of nitrogen functional groups attached to an aromatic ring is 1. The summed E-state index contributed by atoms with van der Waals surface area (Å²) < 4.78 is 16.5. The molecule has 4 rings (SSSR count). The number of thiophene rings is 1. The van der Waals surface area contributed by atoms with E-state index in [0.29, 0.717) is 29.6 Å². The van der Waals surface area contributed by atoms with Crippen molar-refractivity contribution in [3.05, 3.63) is 34.0 Å². The molecule has 2 N–H and O–H groups in total. The highest BCUT2D eigenvalue weighted by Gasteiger charge is 2.23. The molecule has 8 heteroatoms. The third kappa shape index (κ3) is 4.34. The summed E-state index contributed by atoms with van der Waals surface area (Å²) in [6, 6.07) is 3.91. The van der Waals surface area contributed by atoms with Gasteiger partial charge in [-0.25, -0.2) is 9.97 Å². The molecule has 1 unspecified atom stereocenters. The van der Waals surface area contributed by atoms with Gasteiger partial charge in [-0.1, -0.05) is 13.0 Å². The largest absolute Gasteiger partial charge is 0.493 e. The second-order valence-electron chi connectivity index (χ2n) is 8.54. The van der Waals surface area contributed by atoms with Gasteiger partial charge in [-0.3, -0.25) is 0 Å². The monoisotopic (exact) mass is 456 g/mol. The van der Waals surface area contributed by atoms with Gasteiger partial charge in [0.15, 0.2) is 11.5 Å². The van der Waals surface area contributed by atoms with Crippen molar-refractivity contribution in [1.29, 1.82) is 0 Å². The van der Waals surface area contributed by atoms with E-state index in [-0.39, 0.29) is 0 Å². The van der Waals surface area contributed by atoms with Crippen LogP contribution in [0.1, 0.15) is 35.2 Å². The molecular weight excluding hydrogens is 424 g/mol. The lowest BCUT2D eigenvalue weighted by molar-refractivity contribution is 0.301. The molecule has 32 heavy (non-hydrogen) atoms. The first-order valence-corrected chi connectivity index (χ1v) is 11.8. The summed E-state index contributed by atoms with van der Waals surface area (Å²) in [6.45, 7) is 3.81. The van der Waals surface area contributed by atoms with Crippen molar-refractivity contribution in [2.45, 2.75) is 39.2 Å². The van der Waals surface area contributed by atoms with Crippen LogP contribution in [0.4, 0.5) is 5.82 Å². The number of aromatic nitrogens is 2. The van der Waals surface area contributed by atoms with E-state index < -0.39 is 0 Å². The number of hydrogen-bond donors (Lipinski definition) is 1. The number of nitrogens with zero attached hydrogens (tertiary/aromatic N) is 3. The number of aryl methyl sites for hydroxylation is 1. The van der Waals surface area contributed by atoms with Crippen LogP contribution in [0.15, 0.2) is 12.1 Å². The minimum atomic E-state index is 0.610. The summed E-state index contributed by atoms with van der Waals surface area (Å²) in [5.74, 6) is 4.11. The van der Waals surface area contributed by atoms with Crippen LogP contribution in [0, 0.1) is 5.92 Å². The molecule has 0 fully saturated rings. The van der Waals surface area contributed by atoms with Gasteiger partial charge in [0.25, 0.3) is 0 Å². The van der Waals surface area contributed by atoms with Gasteiger partial charge in [0.1, 0.15) is 16.5 Å². The Hall–Kier alpha value is -2.58. The van der Waals surface area contributed by atoms with Crippen molar-refractivity contribution >= 4 is 27.4 Å². The number of rotatable bonds is 8. The minimum absolute atomic E-state index is 0.610. The highest BCUT2D eigenvalue weighted by molar-refractivity contribution is 7.19. The molecule has 1 aromatic carbocycles. The summed E-state index contributed by atoms with van der Waals surface area (Å²) in [7, 11) is 6.96. The smallest absolute Gasteiger partial charge is 0.203 e. The fourth-order valence-corrected chi connectivity index (χ4v) is 5.89. The van der Waals surface area contributed by atoms with Gasteiger partial charge in [0, 0.05) is 30.0 Å². The van der Waals surface area contributed by atoms with Crippen molar-refractivity contribution < 1.29 is 14.2 Å². The Morgan fingerprint density at radius 2 is 1.91 bits per heavy atom. The zero-order valence-corrected chi connectivity index (χ0v) is 20.3. The number of likely N-dealkylation sites (N-methyl/N-ethyl adjacent to an activating group) is 1. The number of methoxy groups -OCH3 is 3. The summed E-state index contributed by atoms with van der Waals surface area (Å²) in [5.41, 5.74) is 8.80. The number of fused-ring (bicyclic) bond motifs is 3. The van der Waals surface area contributed by atoms with Crippen molar-refractivity contribution in [2.24, 2.45) is 5.92 Å². The van der Waals surface area contributed by atoms with Gasteiger partial charge in [-0.15, -0.1) is 11.3 Å². The molecule has 172 valence electrons. The Balaban J connectivity index is 1.48. The lowest BCUT2D eigenvalue weighted by atomic mass is 9.89. The number of nitrogens with two attached hydrogens (primary N) is 1. The Morgan fingerprint density at radius 3 is 2.62 bits per heavy atom. The SMILES string of the molecule is COc1ccc(CN(C)CCc2nc(N)c3c4c(sc3n2)CC(C)CC4)c(OC)c1OC. The van der Waals surface area contributed by atoms with E-state index in [2.05, 4.69) is 23.9 Å². The van der Waals surface area contributed by atoms with Gasteiger partial charge >= 0.3 is 0 Å². The molecule has 7 nitrogen and oxygen atoms in total. The molecule has 0 spiro atoms. The summed E-state index contributed by atoms with van der Waals surface area (Å²) in [6.07, 6.45) is 4.15. The maximum absolute atomic E-state index is 6.39. The number of ether oxygens (including phenoxy) is 3. The third-order valence-electron chi connectivity index (χ3n) is 6.17. The van der Waals surface area contributed by atoms with E-state index in [9.17, 15) is 0 Å². The molecule has 2 heterocycles. The molecule has 1 aliphatic carbocycles. The van der Waals surface area contributed by atoms with Crippen molar-refractivity contribution in [1.82, 2.24) is 14.9 Å². The van der Waals surface area contributed by atoms with Crippen LogP contribution in [0.3, 0.4) is 0 Å². The highest BCUT2D eigenvalue weighted by Crippen LogP contribution is 2.41. The average Bonchev–Trinajstić information content (AvgIpc) is 3.14. The van der Waals surface area contributed by atoms with Crippen LogP contribution in [-0.2, 0) is 25.8 Å². The maximum Gasteiger partial charge on any atom is 0.203 e. The first-order valence-electron chi connectivity index (χ1n) is 11.0. The van der Waals surface area contributed by atoms with E-state index in [0.717, 1.165) is 53.3 Å². The Bertz CT molecular complexity index is 1110. The third-order valence-corrected chi connectivity index (χ3v) is 7.32. The molecule has 0 radical (unpaired) electrons. The molecule has 1 aliphatic rings. The van der Waals surface area contributed by atoms with Gasteiger partial charge in [0.05, 0.1) is 26.7 Å². The van der Waals surface area contributed by atoms with E-state index in [1.165, 1.54) is 16.9 Å². The van der Waals surface area contributed by atoms with Gasteiger partial charge in [0.2, 0.25) is 5.75 Å². The molecular formula is C24H32N4O3S. The molecule has 0 aliphatic heterocycles. The predicted molar refractivity (Wildman–Crippen MR) is 129 cm³/mol. The molecule has 1 atom stereocenters. The predicted octanol–water partition coefficient (Wildman–Crippen LogP) is 4.10.